The summed E-state index contributed by atoms with van der Waals surface area (Å²) in [6.45, 7) is 0. The molecular formula is C18H11Cl2F4N3O. The van der Waals surface area contributed by atoms with Gasteiger partial charge in [-0.05, 0) is 41.5 Å². The number of carbonyl (C=O) groups excluding carboxylic acids is 1. The van der Waals surface area contributed by atoms with Crippen LogP contribution >= 0.6 is 23.2 Å². The van der Waals surface area contributed by atoms with E-state index in [0.29, 0.717) is 5.56 Å². The molecule has 2 aromatic carbocycles. The van der Waals surface area contributed by atoms with E-state index in [0.717, 1.165) is 16.8 Å². The summed E-state index contributed by atoms with van der Waals surface area (Å²) < 4.78 is 54.8. The quantitative estimate of drug-likeness (QED) is 0.570. The van der Waals surface area contributed by atoms with Gasteiger partial charge in [-0.1, -0.05) is 29.3 Å². The number of nitrogens with two attached hydrogens (primary N) is 1. The zero-order valence-electron chi connectivity index (χ0n) is 14.1. The SMILES string of the molecule is Cn1nc(C(F)(F)F)c(C(N)=O)c1-c1ccc(F)cc1-c1ccc(Cl)c(Cl)c1. The largest absolute Gasteiger partial charge is 0.435 e. The molecular weight excluding hydrogens is 421 g/mol. The molecule has 3 aromatic rings. The number of aromatic nitrogens is 2. The normalized spacial score (nSPS) is 11.7. The Bertz CT molecular complexity index is 1090. The lowest BCUT2D eigenvalue weighted by Crippen LogP contribution is -2.18. The van der Waals surface area contributed by atoms with E-state index in [1.54, 1.807) is 0 Å². The molecule has 0 bridgehead atoms. The first-order valence-corrected chi connectivity index (χ1v) is 8.45. The number of hydrogen-bond donors (Lipinski definition) is 1. The lowest BCUT2D eigenvalue weighted by Gasteiger charge is -2.13. The summed E-state index contributed by atoms with van der Waals surface area (Å²) in [6, 6.07) is 7.84. The number of hydrogen-bond acceptors (Lipinski definition) is 2. The molecule has 1 amide bonds. The van der Waals surface area contributed by atoms with Crippen molar-refractivity contribution in [1.82, 2.24) is 9.78 Å². The second-order valence-corrected chi connectivity index (χ2v) is 6.69. The maximum absolute atomic E-state index is 13.9. The van der Waals surface area contributed by atoms with Crippen molar-refractivity contribution in [1.29, 1.82) is 0 Å². The fourth-order valence-electron chi connectivity index (χ4n) is 2.89. The molecule has 0 spiro atoms. The van der Waals surface area contributed by atoms with Crippen molar-refractivity contribution in [3.8, 4) is 22.4 Å². The molecule has 28 heavy (non-hydrogen) atoms. The predicted octanol–water partition coefficient (Wildman–Crippen LogP) is 5.32. The van der Waals surface area contributed by atoms with E-state index in [1.165, 1.54) is 31.3 Å². The average molecular weight is 432 g/mol. The Morgan fingerprint density at radius 1 is 1.07 bits per heavy atom. The summed E-state index contributed by atoms with van der Waals surface area (Å²) in [7, 11) is 1.24. The maximum atomic E-state index is 13.9. The van der Waals surface area contributed by atoms with Crippen LogP contribution in [0.25, 0.3) is 22.4 Å². The molecule has 0 atom stereocenters. The van der Waals surface area contributed by atoms with Gasteiger partial charge < -0.3 is 5.73 Å². The highest BCUT2D eigenvalue weighted by Crippen LogP contribution is 2.40. The minimum Gasteiger partial charge on any atom is -0.365 e. The van der Waals surface area contributed by atoms with Gasteiger partial charge in [0, 0.05) is 12.6 Å². The first-order chi connectivity index (χ1) is 13.0. The molecule has 2 N–H and O–H groups in total. The topological polar surface area (TPSA) is 60.9 Å². The van der Waals surface area contributed by atoms with Gasteiger partial charge in [0.1, 0.15) is 5.82 Å². The van der Waals surface area contributed by atoms with Gasteiger partial charge in [0.05, 0.1) is 21.3 Å². The van der Waals surface area contributed by atoms with Gasteiger partial charge in [-0.25, -0.2) is 4.39 Å². The van der Waals surface area contributed by atoms with Crippen molar-refractivity contribution < 1.29 is 22.4 Å². The Morgan fingerprint density at radius 3 is 2.32 bits per heavy atom. The van der Waals surface area contributed by atoms with Crippen LogP contribution in [0.2, 0.25) is 10.0 Å². The van der Waals surface area contributed by atoms with Crippen LogP contribution in [0.15, 0.2) is 36.4 Å². The number of benzene rings is 2. The molecule has 0 unspecified atom stereocenters. The molecule has 146 valence electrons. The van der Waals surface area contributed by atoms with E-state index >= 15 is 0 Å². The second kappa shape index (κ2) is 7.10. The molecule has 0 saturated heterocycles. The molecule has 1 aromatic heterocycles. The first kappa shape index (κ1) is 20.2. The van der Waals surface area contributed by atoms with Crippen LogP contribution in [0.1, 0.15) is 16.1 Å². The summed E-state index contributed by atoms with van der Waals surface area (Å²) in [5.74, 6) is -1.94. The number of alkyl halides is 3. The lowest BCUT2D eigenvalue weighted by atomic mass is 9.94. The summed E-state index contributed by atoms with van der Waals surface area (Å²) >= 11 is 11.9. The van der Waals surface area contributed by atoms with Crippen LogP contribution in [0, 0.1) is 5.82 Å². The Balaban J connectivity index is 2.36. The minimum atomic E-state index is -4.90. The van der Waals surface area contributed by atoms with Crippen LogP contribution in [-0.2, 0) is 13.2 Å². The zero-order chi connectivity index (χ0) is 20.8. The molecule has 4 nitrogen and oxygen atoms in total. The van der Waals surface area contributed by atoms with Crippen molar-refractivity contribution in [3.05, 3.63) is 63.5 Å². The van der Waals surface area contributed by atoms with Crippen LogP contribution < -0.4 is 5.73 Å². The molecule has 3 rings (SSSR count). The first-order valence-electron chi connectivity index (χ1n) is 7.70. The van der Waals surface area contributed by atoms with Crippen molar-refractivity contribution >= 4 is 29.1 Å². The van der Waals surface area contributed by atoms with Gasteiger partial charge in [-0.15, -0.1) is 0 Å². The van der Waals surface area contributed by atoms with Crippen molar-refractivity contribution in [2.75, 3.05) is 0 Å². The smallest absolute Gasteiger partial charge is 0.365 e. The molecule has 0 aliphatic rings. The molecule has 0 fully saturated rings. The van der Waals surface area contributed by atoms with Gasteiger partial charge >= 0.3 is 6.18 Å². The molecule has 0 aliphatic heterocycles. The number of rotatable bonds is 3. The maximum Gasteiger partial charge on any atom is 0.435 e. The van der Waals surface area contributed by atoms with E-state index in [9.17, 15) is 22.4 Å². The Kier molecular flexibility index (Phi) is 5.12. The number of halogens is 6. The highest BCUT2D eigenvalue weighted by Gasteiger charge is 2.41. The number of nitrogens with zero attached hydrogens (tertiary/aromatic N) is 2. The number of primary amides is 1. The van der Waals surface area contributed by atoms with Gasteiger partial charge in [-0.2, -0.15) is 18.3 Å². The van der Waals surface area contributed by atoms with Gasteiger partial charge in [0.2, 0.25) is 0 Å². The van der Waals surface area contributed by atoms with Crippen molar-refractivity contribution in [2.45, 2.75) is 6.18 Å². The average Bonchev–Trinajstić information content (AvgIpc) is 2.95. The third kappa shape index (κ3) is 3.57. The van der Waals surface area contributed by atoms with Gasteiger partial charge in [0.15, 0.2) is 5.69 Å². The Labute approximate surface area is 166 Å². The van der Waals surface area contributed by atoms with E-state index in [2.05, 4.69) is 5.10 Å². The van der Waals surface area contributed by atoms with E-state index in [4.69, 9.17) is 28.9 Å². The standard InChI is InChI=1S/C18H11Cl2F4N3O/c1-27-15(14(17(25)28)16(26-27)18(22,23)24)10-4-3-9(21)7-11(10)8-2-5-12(19)13(20)6-8/h2-7H,1H3,(H2,25,28). The third-order valence-corrected chi connectivity index (χ3v) is 4.77. The van der Waals surface area contributed by atoms with Crippen molar-refractivity contribution in [2.24, 2.45) is 12.8 Å². The summed E-state index contributed by atoms with van der Waals surface area (Å²) in [5.41, 5.74) is 3.51. The lowest BCUT2D eigenvalue weighted by molar-refractivity contribution is -0.141. The molecule has 0 saturated carbocycles. The number of aryl methyl sites for hydroxylation is 1. The van der Waals surface area contributed by atoms with E-state index in [1.807, 2.05) is 0 Å². The second-order valence-electron chi connectivity index (χ2n) is 5.88. The van der Waals surface area contributed by atoms with Gasteiger partial charge in [-0.3, -0.25) is 9.48 Å². The van der Waals surface area contributed by atoms with Crippen LogP contribution in [-0.4, -0.2) is 15.7 Å². The third-order valence-electron chi connectivity index (χ3n) is 4.03. The summed E-state index contributed by atoms with van der Waals surface area (Å²) in [5, 5.41) is 3.84. The van der Waals surface area contributed by atoms with Crippen LogP contribution in [0.5, 0.6) is 0 Å². The van der Waals surface area contributed by atoms with Gasteiger partial charge in [0.25, 0.3) is 5.91 Å². The highest BCUT2D eigenvalue weighted by molar-refractivity contribution is 6.42. The van der Waals surface area contributed by atoms with E-state index < -0.39 is 29.2 Å². The molecule has 1 heterocycles. The molecule has 10 heteroatoms. The fourth-order valence-corrected chi connectivity index (χ4v) is 3.19. The molecule has 0 radical (unpaired) electrons. The number of carbonyl (C=O) groups is 1. The fraction of sp³-hybridized carbons (Fsp3) is 0.111. The molecule has 0 aliphatic carbocycles. The minimum absolute atomic E-state index is 0.124. The Morgan fingerprint density at radius 2 is 1.75 bits per heavy atom. The van der Waals surface area contributed by atoms with Crippen molar-refractivity contribution in [3.63, 3.8) is 0 Å². The summed E-state index contributed by atoms with van der Waals surface area (Å²) in [4.78, 5) is 11.8. The summed E-state index contributed by atoms with van der Waals surface area (Å²) in [6.07, 6.45) is -4.90. The van der Waals surface area contributed by atoms with Crippen LogP contribution in [0.3, 0.4) is 0 Å². The van der Waals surface area contributed by atoms with E-state index in [-0.39, 0.29) is 26.9 Å². The predicted molar refractivity (Wildman–Crippen MR) is 97.6 cm³/mol. The zero-order valence-corrected chi connectivity index (χ0v) is 15.6. The Hall–Kier alpha value is -2.58. The van der Waals surface area contributed by atoms with Crippen LogP contribution in [0.4, 0.5) is 17.6 Å². The monoisotopic (exact) mass is 431 g/mol. The number of amides is 1. The highest BCUT2D eigenvalue weighted by atomic mass is 35.5.